The summed E-state index contributed by atoms with van der Waals surface area (Å²) >= 11 is 0. The molecule has 1 aromatic rings. The average molecular weight is 216 g/mol. The lowest BCUT2D eigenvalue weighted by molar-refractivity contribution is 0.156. The molecule has 0 fully saturated rings. The highest BCUT2D eigenvalue weighted by molar-refractivity contribution is 5.38. The van der Waals surface area contributed by atoms with E-state index in [1.807, 2.05) is 18.2 Å². The van der Waals surface area contributed by atoms with E-state index in [2.05, 4.69) is 11.8 Å². The van der Waals surface area contributed by atoms with Crippen LogP contribution in [0.1, 0.15) is 37.0 Å². The Bertz CT molecular complexity index is 426. The second-order valence-corrected chi connectivity index (χ2v) is 3.98. The van der Waals surface area contributed by atoms with Crippen molar-refractivity contribution < 1.29 is 9.84 Å². The van der Waals surface area contributed by atoms with Crippen molar-refractivity contribution in [3.8, 4) is 17.6 Å². The summed E-state index contributed by atoms with van der Waals surface area (Å²) in [6.07, 6.45) is 2.65. The zero-order chi connectivity index (χ0) is 11.4. The first-order valence-electron chi connectivity index (χ1n) is 5.64. The summed E-state index contributed by atoms with van der Waals surface area (Å²) in [5.41, 5.74) is 2.26. The molecule has 1 aliphatic carbocycles. The Hall–Kier alpha value is -1.46. The van der Waals surface area contributed by atoms with Crippen LogP contribution in [0.25, 0.3) is 0 Å². The highest BCUT2D eigenvalue weighted by Crippen LogP contribution is 2.32. The molecule has 1 N–H and O–H groups in total. The molecule has 0 saturated heterocycles. The van der Waals surface area contributed by atoms with Gasteiger partial charge in [0.2, 0.25) is 0 Å². The predicted molar refractivity (Wildman–Crippen MR) is 63.3 cm³/mol. The van der Waals surface area contributed by atoms with Crippen LogP contribution in [-0.4, -0.2) is 11.7 Å². The van der Waals surface area contributed by atoms with Crippen molar-refractivity contribution in [2.45, 2.75) is 32.3 Å². The number of aliphatic hydroxyl groups is 1. The van der Waals surface area contributed by atoms with E-state index < -0.39 is 0 Å². The van der Waals surface area contributed by atoms with Gasteiger partial charge in [0.05, 0.1) is 6.10 Å². The fourth-order valence-corrected chi connectivity index (χ4v) is 2.03. The van der Waals surface area contributed by atoms with Gasteiger partial charge in [0.1, 0.15) is 12.4 Å². The number of aliphatic hydroxyl groups excluding tert-OH is 1. The van der Waals surface area contributed by atoms with Crippen LogP contribution in [0.3, 0.4) is 0 Å². The molecule has 16 heavy (non-hydrogen) atoms. The van der Waals surface area contributed by atoms with E-state index in [-0.39, 0.29) is 6.10 Å². The summed E-state index contributed by atoms with van der Waals surface area (Å²) in [6.45, 7) is 2.20. The summed E-state index contributed by atoms with van der Waals surface area (Å²) in [5.74, 6) is 6.43. The maximum atomic E-state index is 9.87. The molecule has 1 atom stereocenters. The third-order valence-corrected chi connectivity index (χ3v) is 2.89. The van der Waals surface area contributed by atoms with Gasteiger partial charge in [0.15, 0.2) is 0 Å². The topological polar surface area (TPSA) is 29.5 Å². The summed E-state index contributed by atoms with van der Waals surface area (Å²) in [7, 11) is 0. The molecule has 2 heteroatoms. The van der Waals surface area contributed by atoms with Crippen molar-refractivity contribution in [2.75, 3.05) is 6.61 Å². The van der Waals surface area contributed by atoms with Gasteiger partial charge in [-0.25, -0.2) is 0 Å². The van der Waals surface area contributed by atoms with Gasteiger partial charge in [-0.3, -0.25) is 0 Å². The number of ether oxygens (including phenoxy) is 1. The first-order valence-corrected chi connectivity index (χ1v) is 5.64. The summed E-state index contributed by atoms with van der Waals surface area (Å²) in [6, 6.07) is 5.94. The summed E-state index contributed by atoms with van der Waals surface area (Å²) in [5, 5.41) is 9.87. The molecule has 2 nitrogen and oxygen atoms in total. The molecule has 2 rings (SSSR count). The molecule has 0 bridgehead atoms. The van der Waals surface area contributed by atoms with E-state index >= 15 is 0 Å². The molecule has 0 saturated carbocycles. The minimum absolute atomic E-state index is 0.329. The zero-order valence-corrected chi connectivity index (χ0v) is 9.49. The molecule has 1 aromatic carbocycles. The van der Waals surface area contributed by atoms with Gasteiger partial charge in [0.25, 0.3) is 0 Å². The van der Waals surface area contributed by atoms with Crippen molar-refractivity contribution in [3.05, 3.63) is 29.3 Å². The van der Waals surface area contributed by atoms with E-state index in [4.69, 9.17) is 4.74 Å². The lowest BCUT2D eigenvalue weighted by Gasteiger charge is -2.21. The largest absolute Gasteiger partial charge is 0.481 e. The third-order valence-electron chi connectivity index (χ3n) is 2.89. The monoisotopic (exact) mass is 216 g/mol. The Morgan fingerprint density at radius 1 is 1.50 bits per heavy atom. The Morgan fingerprint density at radius 3 is 3.19 bits per heavy atom. The number of hydrogen-bond acceptors (Lipinski definition) is 2. The minimum atomic E-state index is -0.329. The molecule has 1 aliphatic rings. The molecule has 0 amide bonds. The number of fused-ring (bicyclic) bond motifs is 1. The molecule has 0 heterocycles. The van der Waals surface area contributed by atoms with E-state index in [1.165, 1.54) is 5.56 Å². The summed E-state index contributed by atoms with van der Waals surface area (Å²) in [4.78, 5) is 0. The zero-order valence-electron chi connectivity index (χ0n) is 9.49. The smallest absolute Gasteiger partial charge is 0.149 e. The predicted octanol–water partition coefficient (Wildman–Crippen LogP) is 2.46. The van der Waals surface area contributed by atoms with Gasteiger partial charge in [-0.1, -0.05) is 12.0 Å². The molecule has 0 aliphatic heterocycles. The van der Waals surface area contributed by atoms with Gasteiger partial charge in [0, 0.05) is 0 Å². The van der Waals surface area contributed by atoms with Crippen molar-refractivity contribution in [3.63, 3.8) is 0 Å². The highest BCUT2D eigenvalue weighted by atomic mass is 16.5. The lowest BCUT2D eigenvalue weighted by atomic mass is 9.89. The molecular formula is C14H16O2. The molecule has 0 spiro atoms. The van der Waals surface area contributed by atoms with Crippen molar-refractivity contribution in [1.82, 2.24) is 0 Å². The van der Waals surface area contributed by atoms with Gasteiger partial charge in [-0.2, -0.15) is 0 Å². The Balaban J connectivity index is 2.16. The fraction of sp³-hybridized carbons (Fsp3) is 0.429. The Kier molecular flexibility index (Phi) is 3.48. The van der Waals surface area contributed by atoms with Gasteiger partial charge in [-0.15, -0.1) is 5.92 Å². The van der Waals surface area contributed by atoms with Crippen molar-refractivity contribution >= 4 is 0 Å². The minimum Gasteiger partial charge on any atom is -0.481 e. The van der Waals surface area contributed by atoms with Crippen LogP contribution < -0.4 is 4.74 Å². The van der Waals surface area contributed by atoms with Crippen LogP contribution in [0.4, 0.5) is 0 Å². The summed E-state index contributed by atoms with van der Waals surface area (Å²) < 4.78 is 5.48. The van der Waals surface area contributed by atoms with Crippen LogP contribution in [0.15, 0.2) is 18.2 Å². The lowest BCUT2D eigenvalue weighted by Crippen LogP contribution is -2.09. The maximum absolute atomic E-state index is 9.87. The highest BCUT2D eigenvalue weighted by Gasteiger charge is 2.18. The standard InChI is InChI=1S/C14H16O2/c1-2-3-9-16-12-8-7-11-5-4-6-14(15)13(11)10-12/h7-8,10,14-15H,4-6,9H2,1H3/t14-/m1/s1. The quantitative estimate of drug-likeness (QED) is 0.769. The average Bonchev–Trinajstić information content (AvgIpc) is 2.30. The number of aryl methyl sites for hydroxylation is 1. The van der Waals surface area contributed by atoms with Crippen molar-refractivity contribution in [2.24, 2.45) is 0 Å². The Morgan fingerprint density at radius 2 is 2.38 bits per heavy atom. The number of hydrogen-bond donors (Lipinski definition) is 1. The van der Waals surface area contributed by atoms with E-state index in [0.29, 0.717) is 6.61 Å². The van der Waals surface area contributed by atoms with E-state index in [0.717, 1.165) is 30.6 Å². The van der Waals surface area contributed by atoms with Crippen LogP contribution in [0.2, 0.25) is 0 Å². The Labute approximate surface area is 96.3 Å². The van der Waals surface area contributed by atoms with Gasteiger partial charge >= 0.3 is 0 Å². The van der Waals surface area contributed by atoms with Crippen LogP contribution >= 0.6 is 0 Å². The molecular weight excluding hydrogens is 200 g/mol. The number of benzene rings is 1. The van der Waals surface area contributed by atoms with E-state index in [9.17, 15) is 5.11 Å². The SMILES string of the molecule is CC#CCOc1ccc2c(c1)[C@H](O)CCC2. The first-order chi connectivity index (χ1) is 7.81. The van der Waals surface area contributed by atoms with Crippen molar-refractivity contribution in [1.29, 1.82) is 0 Å². The molecule has 0 unspecified atom stereocenters. The molecule has 84 valence electrons. The van der Waals surface area contributed by atoms with Gasteiger partial charge in [-0.05, 0) is 49.4 Å². The van der Waals surface area contributed by atoms with Crippen LogP contribution in [0, 0.1) is 11.8 Å². The molecule has 0 radical (unpaired) electrons. The van der Waals surface area contributed by atoms with Crippen LogP contribution in [0.5, 0.6) is 5.75 Å². The first kappa shape index (κ1) is 11.0. The normalized spacial score (nSPS) is 18.2. The van der Waals surface area contributed by atoms with Crippen LogP contribution in [-0.2, 0) is 6.42 Å². The fourth-order valence-electron chi connectivity index (χ4n) is 2.03. The second-order valence-electron chi connectivity index (χ2n) is 3.98. The number of rotatable bonds is 2. The third kappa shape index (κ3) is 2.37. The maximum Gasteiger partial charge on any atom is 0.149 e. The second kappa shape index (κ2) is 5.05. The van der Waals surface area contributed by atoms with E-state index in [1.54, 1.807) is 6.92 Å². The molecule has 0 aromatic heterocycles. The van der Waals surface area contributed by atoms with Gasteiger partial charge < -0.3 is 9.84 Å².